The van der Waals surface area contributed by atoms with Gasteiger partial charge in [0, 0.05) is 6.04 Å². The van der Waals surface area contributed by atoms with E-state index in [-0.39, 0.29) is 0 Å². The average molecular weight is 289 g/mol. The number of rotatable bonds is 8. The largest absolute Gasteiger partial charge is 0.497 e. The van der Waals surface area contributed by atoms with Gasteiger partial charge in [0.1, 0.15) is 5.75 Å². The van der Waals surface area contributed by atoms with Gasteiger partial charge in [0.15, 0.2) is 0 Å². The minimum atomic E-state index is 0.571. The van der Waals surface area contributed by atoms with Crippen LogP contribution in [0.4, 0.5) is 0 Å². The second kappa shape index (κ2) is 8.43. The molecule has 1 aromatic carbocycles. The van der Waals surface area contributed by atoms with Crippen LogP contribution in [0.2, 0.25) is 0 Å². The van der Waals surface area contributed by atoms with Crippen LogP contribution in [0.3, 0.4) is 0 Å². The van der Waals surface area contributed by atoms with Crippen molar-refractivity contribution in [3.8, 4) is 5.75 Å². The predicted octanol–water partition coefficient (Wildman–Crippen LogP) is 4.43. The molecule has 0 spiro atoms. The maximum atomic E-state index is 5.35. The molecule has 0 amide bonds. The van der Waals surface area contributed by atoms with E-state index in [1.807, 2.05) is 6.07 Å². The third kappa shape index (κ3) is 5.70. The highest BCUT2D eigenvalue weighted by atomic mass is 16.5. The van der Waals surface area contributed by atoms with E-state index in [2.05, 4.69) is 37.4 Å². The maximum absolute atomic E-state index is 5.35. The summed E-state index contributed by atoms with van der Waals surface area (Å²) >= 11 is 0. The molecule has 1 N–H and O–H groups in total. The Labute approximate surface area is 130 Å². The zero-order valence-electron chi connectivity index (χ0n) is 13.9. The zero-order valence-corrected chi connectivity index (χ0v) is 13.9. The Kier molecular flexibility index (Phi) is 6.56. The van der Waals surface area contributed by atoms with Crippen LogP contribution in [0.1, 0.15) is 51.5 Å². The van der Waals surface area contributed by atoms with Crippen molar-refractivity contribution in [2.75, 3.05) is 13.7 Å². The quantitative estimate of drug-likeness (QED) is 0.764. The van der Waals surface area contributed by atoms with Crippen molar-refractivity contribution in [2.45, 2.75) is 58.4 Å². The number of hydrogen-bond donors (Lipinski definition) is 1. The van der Waals surface area contributed by atoms with Gasteiger partial charge in [-0.05, 0) is 48.9 Å². The first-order chi connectivity index (χ1) is 10.2. The minimum absolute atomic E-state index is 0.571. The molecule has 0 aromatic heterocycles. The van der Waals surface area contributed by atoms with E-state index in [1.165, 1.54) is 37.7 Å². The number of methoxy groups -OCH3 is 1. The van der Waals surface area contributed by atoms with Gasteiger partial charge in [0.25, 0.3) is 0 Å². The highest BCUT2D eigenvalue weighted by Gasteiger charge is 2.20. The molecule has 118 valence electrons. The van der Waals surface area contributed by atoms with Gasteiger partial charge in [-0.1, -0.05) is 51.7 Å². The Morgan fingerprint density at radius 1 is 1.24 bits per heavy atom. The summed E-state index contributed by atoms with van der Waals surface area (Å²) in [4.78, 5) is 0. The highest BCUT2D eigenvalue weighted by Crippen LogP contribution is 2.31. The van der Waals surface area contributed by atoms with Gasteiger partial charge in [-0.15, -0.1) is 0 Å². The van der Waals surface area contributed by atoms with Crippen LogP contribution in [0.15, 0.2) is 24.3 Å². The van der Waals surface area contributed by atoms with E-state index < -0.39 is 0 Å². The second-order valence-electron chi connectivity index (χ2n) is 6.87. The van der Waals surface area contributed by atoms with E-state index in [0.29, 0.717) is 6.04 Å². The number of ether oxygens (including phenoxy) is 1. The van der Waals surface area contributed by atoms with Crippen LogP contribution in [0.25, 0.3) is 0 Å². The van der Waals surface area contributed by atoms with Gasteiger partial charge < -0.3 is 10.1 Å². The lowest BCUT2D eigenvalue weighted by Crippen LogP contribution is -2.30. The average Bonchev–Trinajstić information content (AvgIpc) is 2.98. The van der Waals surface area contributed by atoms with E-state index in [1.54, 1.807) is 7.11 Å². The molecule has 0 saturated heterocycles. The maximum Gasteiger partial charge on any atom is 0.119 e. The van der Waals surface area contributed by atoms with Gasteiger partial charge in [-0.2, -0.15) is 0 Å². The minimum Gasteiger partial charge on any atom is -0.497 e. The lowest BCUT2D eigenvalue weighted by molar-refractivity contribution is 0.347. The summed E-state index contributed by atoms with van der Waals surface area (Å²) in [6.07, 6.45) is 8.29. The van der Waals surface area contributed by atoms with E-state index in [0.717, 1.165) is 30.6 Å². The van der Waals surface area contributed by atoms with Crippen LogP contribution in [-0.4, -0.2) is 19.7 Å². The molecule has 1 atom stereocenters. The molecule has 1 fully saturated rings. The van der Waals surface area contributed by atoms with Crippen molar-refractivity contribution in [1.29, 1.82) is 0 Å². The van der Waals surface area contributed by atoms with Gasteiger partial charge in [0.2, 0.25) is 0 Å². The normalized spacial score (nSPS) is 17.3. The van der Waals surface area contributed by atoms with Gasteiger partial charge >= 0.3 is 0 Å². The predicted molar refractivity (Wildman–Crippen MR) is 89.9 cm³/mol. The summed E-state index contributed by atoms with van der Waals surface area (Å²) in [5.74, 6) is 2.67. The molecule has 21 heavy (non-hydrogen) atoms. The van der Waals surface area contributed by atoms with Crippen molar-refractivity contribution in [3.63, 3.8) is 0 Å². The molecule has 1 aromatic rings. The molecule has 0 aliphatic heterocycles. The zero-order chi connectivity index (χ0) is 15.1. The Hall–Kier alpha value is -1.02. The van der Waals surface area contributed by atoms with Gasteiger partial charge in [-0.3, -0.25) is 0 Å². The summed E-state index contributed by atoms with van der Waals surface area (Å²) in [5.41, 5.74) is 1.41. The van der Waals surface area contributed by atoms with Crippen LogP contribution >= 0.6 is 0 Å². The fourth-order valence-corrected chi connectivity index (χ4v) is 3.49. The molecule has 2 rings (SSSR count). The monoisotopic (exact) mass is 289 g/mol. The standard InChI is InChI=1S/C19H31NO/c1-15(2)20-14-18(11-16-7-4-5-8-16)12-17-9-6-10-19(13-17)21-3/h6,9-10,13,15-16,18,20H,4-5,7-8,11-12,14H2,1-3H3. The van der Waals surface area contributed by atoms with Crippen LogP contribution in [0, 0.1) is 11.8 Å². The molecule has 1 aliphatic carbocycles. The van der Waals surface area contributed by atoms with Crippen molar-refractivity contribution >= 4 is 0 Å². The van der Waals surface area contributed by atoms with Gasteiger partial charge in [-0.25, -0.2) is 0 Å². The van der Waals surface area contributed by atoms with E-state index in [9.17, 15) is 0 Å². The Morgan fingerprint density at radius 2 is 2.00 bits per heavy atom. The molecule has 2 nitrogen and oxygen atoms in total. The van der Waals surface area contributed by atoms with Crippen LogP contribution in [0.5, 0.6) is 5.75 Å². The summed E-state index contributed by atoms with van der Waals surface area (Å²) < 4.78 is 5.35. The lowest BCUT2D eigenvalue weighted by atomic mass is 9.88. The van der Waals surface area contributed by atoms with Crippen LogP contribution < -0.4 is 10.1 Å². The summed E-state index contributed by atoms with van der Waals surface area (Å²) in [6, 6.07) is 9.14. The fraction of sp³-hybridized carbons (Fsp3) is 0.684. The summed E-state index contributed by atoms with van der Waals surface area (Å²) in [7, 11) is 1.75. The molecule has 1 aliphatic rings. The molecule has 0 heterocycles. The first-order valence-corrected chi connectivity index (χ1v) is 8.53. The van der Waals surface area contributed by atoms with Crippen molar-refractivity contribution in [3.05, 3.63) is 29.8 Å². The molecular weight excluding hydrogens is 258 g/mol. The number of nitrogens with one attached hydrogen (secondary N) is 1. The molecule has 2 heteroatoms. The van der Waals surface area contributed by atoms with Crippen molar-refractivity contribution in [1.82, 2.24) is 5.32 Å². The first-order valence-electron chi connectivity index (χ1n) is 8.53. The molecular formula is C19H31NO. The number of benzene rings is 1. The van der Waals surface area contributed by atoms with Crippen LogP contribution in [-0.2, 0) is 6.42 Å². The lowest BCUT2D eigenvalue weighted by Gasteiger charge is -2.22. The highest BCUT2D eigenvalue weighted by molar-refractivity contribution is 5.28. The molecule has 0 bridgehead atoms. The van der Waals surface area contributed by atoms with Gasteiger partial charge in [0.05, 0.1) is 7.11 Å². The van der Waals surface area contributed by atoms with E-state index >= 15 is 0 Å². The Morgan fingerprint density at radius 3 is 2.67 bits per heavy atom. The second-order valence-corrected chi connectivity index (χ2v) is 6.87. The Bertz CT molecular complexity index is 410. The topological polar surface area (TPSA) is 21.3 Å². The molecule has 1 saturated carbocycles. The first kappa shape index (κ1) is 16.4. The third-order valence-corrected chi connectivity index (χ3v) is 4.61. The smallest absolute Gasteiger partial charge is 0.119 e. The fourth-order valence-electron chi connectivity index (χ4n) is 3.49. The number of hydrogen-bond acceptors (Lipinski definition) is 2. The van der Waals surface area contributed by atoms with Crippen molar-refractivity contribution < 1.29 is 4.74 Å². The SMILES string of the molecule is COc1cccc(CC(CNC(C)C)CC2CCCC2)c1. The molecule has 1 unspecified atom stereocenters. The van der Waals surface area contributed by atoms with E-state index in [4.69, 9.17) is 4.74 Å². The summed E-state index contributed by atoms with van der Waals surface area (Å²) in [6.45, 7) is 5.60. The van der Waals surface area contributed by atoms with Crippen molar-refractivity contribution in [2.24, 2.45) is 11.8 Å². The third-order valence-electron chi connectivity index (χ3n) is 4.61. The molecule has 0 radical (unpaired) electrons. The summed E-state index contributed by atoms with van der Waals surface area (Å²) in [5, 5.41) is 3.64. The Balaban J connectivity index is 1.95.